The summed E-state index contributed by atoms with van der Waals surface area (Å²) in [5.41, 5.74) is 3.27. The molecule has 3 heterocycles. The maximum Gasteiger partial charge on any atom is 0.193 e. The zero-order valence-corrected chi connectivity index (χ0v) is 15.2. The summed E-state index contributed by atoms with van der Waals surface area (Å²) in [6.45, 7) is 0. The Bertz CT molecular complexity index is 1340. The quantitative estimate of drug-likeness (QED) is 0.471. The van der Waals surface area contributed by atoms with Crippen LogP contribution in [-0.4, -0.2) is 14.5 Å². The van der Waals surface area contributed by atoms with Crippen LogP contribution in [-0.2, 0) is 6.42 Å². The van der Waals surface area contributed by atoms with E-state index in [9.17, 15) is 9.90 Å². The van der Waals surface area contributed by atoms with E-state index in [2.05, 4.69) is 20.9 Å². The lowest BCUT2D eigenvalue weighted by molar-refractivity contribution is 0.477. The molecule has 126 valence electrons. The van der Waals surface area contributed by atoms with Crippen LogP contribution in [0.3, 0.4) is 0 Å². The standard InChI is InChI=1S/C21H13BrN2O2/c22-13-4-5-19-16(8-13)17-9-15(25)10-18-20(17)24(19)11-12(21(18)26)7-14-3-1-2-6-23-14/h1-6,8-11,25H,7H2. The highest BCUT2D eigenvalue weighted by Crippen LogP contribution is 2.35. The minimum atomic E-state index is -0.0640. The molecule has 0 aliphatic carbocycles. The first kappa shape index (κ1) is 15.3. The predicted octanol–water partition coefficient (Wildman–Crippen LogP) is 4.50. The Hall–Kier alpha value is -2.92. The number of phenolic OH excluding ortho intramolecular Hbond substituents is 1. The molecule has 0 bridgehead atoms. The number of hydrogen-bond acceptors (Lipinski definition) is 3. The number of nitrogens with zero attached hydrogens (tertiary/aromatic N) is 2. The first-order valence-electron chi connectivity index (χ1n) is 8.23. The second-order valence-electron chi connectivity index (χ2n) is 6.40. The molecular weight excluding hydrogens is 392 g/mol. The van der Waals surface area contributed by atoms with Gasteiger partial charge in [-0.25, -0.2) is 0 Å². The lowest BCUT2D eigenvalue weighted by atomic mass is 10.1. The van der Waals surface area contributed by atoms with Crippen molar-refractivity contribution in [3.05, 3.63) is 86.9 Å². The van der Waals surface area contributed by atoms with Crippen LogP contribution in [0.4, 0.5) is 0 Å². The molecule has 5 aromatic rings. The molecule has 0 fully saturated rings. The number of halogens is 1. The largest absolute Gasteiger partial charge is 0.508 e. The van der Waals surface area contributed by atoms with E-state index < -0.39 is 0 Å². The van der Waals surface area contributed by atoms with Gasteiger partial charge < -0.3 is 9.51 Å². The number of aromatic nitrogens is 2. The lowest BCUT2D eigenvalue weighted by Crippen LogP contribution is -2.12. The van der Waals surface area contributed by atoms with E-state index in [4.69, 9.17) is 0 Å². The Morgan fingerprint density at radius 3 is 2.69 bits per heavy atom. The molecule has 4 nitrogen and oxygen atoms in total. The van der Waals surface area contributed by atoms with Crippen molar-refractivity contribution in [2.24, 2.45) is 0 Å². The SMILES string of the molecule is O=c1c(Cc2ccccn2)cn2c3ccc(Br)cc3c3cc(O)cc1c32. The number of benzene rings is 2. The molecule has 0 saturated carbocycles. The lowest BCUT2D eigenvalue weighted by Gasteiger charge is -2.07. The number of fused-ring (bicyclic) bond motifs is 3. The summed E-state index contributed by atoms with van der Waals surface area (Å²) >= 11 is 3.51. The van der Waals surface area contributed by atoms with Crippen LogP contribution in [0, 0.1) is 0 Å². The molecule has 0 radical (unpaired) electrons. The maximum atomic E-state index is 13.1. The molecule has 0 unspecified atom stereocenters. The van der Waals surface area contributed by atoms with E-state index in [-0.39, 0.29) is 11.2 Å². The van der Waals surface area contributed by atoms with Gasteiger partial charge >= 0.3 is 0 Å². The zero-order valence-electron chi connectivity index (χ0n) is 13.6. The third kappa shape index (κ3) is 2.21. The molecule has 5 heteroatoms. The molecule has 1 N–H and O–H groups in total. The van der Waals surface area contributed by atoms with Crippen molar-refractivity contribution >= 4 is 43.1 Å². The molecule has 26 heavy (non-hydrogen) atoms. The normalized spacial score (nSPS) is 11.7. The Morgan fingerprint density at radius 2 is 1.88 bits per heavy atom. The predicted molar refractivity (Wildman–Crippen MR) is 106 cm³/mol. The highest BCUT2D eigenvalue weighted by Gasteiger charge is 2.17. The Labute approximate surface area is 156 Å². The molecule has 5 rings (SSSR count). The van der Waals surface area contributed by atoms with Gasteiger partial charge in [0.05, 0.1) is 16.4 Å². The fourth-order valence-electron chi connectivity index (χ4n) is 3.66. The number of pyridine rings is 2. The van der Waals surface area contributed by atoms with Crippen molar-refractivity contribution in [1.29, 1.82) is 0 Å². The van der Waals surface area contributed by atoms with Crippen molar-refractivity contribution in [2.45, 2.75) is 6.42 Å². The molecule has 0 spiro atoms. The van der Waals surface area contributed by atoms with Crippen molar-refractivity contribution in [1.82, 2.24) is 9.38 Å². The average molecular weight is 405 g/mol. The van der Waals surface area contributed by atoms with Gasteiger partial charge in [0.2, 0.25) is 0 Å². The van der Waals surface area contributed by atoms with Crippen LogP contribution in [0.1, 0.15) is 11.3 Å². The summed E-state index contributed by atoms with van der Waals surface area (Å²) in [4.78, 5) is 17.4. The summed E-state index contributed by atoms with van der Waals surface area (Å²) in [5, 5.41) is 12.6. The van der Waals surface area contributed by atoms with E-state index in [0.717, 1.165) is 32.0 Å². The zero-order chi connectivity index (χ0) is 17.8. The van der Waals surface area contributed by atoms with Gasteiger partial charge in [-0.15, -0.1) is 0 Å². The highest BCUT2D eigenvalue weighted by molar-refractivity contribution is 9.10. The van der Waals surface area contributed by atoms with E-state index in [1.54, 1.807) is 18.3 Å². The third-order valence-electron chi connectivity index (χ3n) is 4.76. The van der Waals surface area contributed by atoms with Crippen LogP contribution < -0.4 is 5.43 Å². The number of rotatable bonds is 2. The molecule has 0 atom stereocenters. The van der Waals surface area contributed by atoms with Gasteiger partial charge in [0, 0.05) is 45.3 Å². The van der Waals surface area contributed by atoms with Crippen LogP contribution in [0.2, 0.25) is 0 Å². The second-order valence-corrected chi connectivity index (χ2v) is 7.32. The second kappa shape index (κ2) is 5.54. The number of hydrogen-bond donors (Lipinski definition) is 1. The average Bonchev–Trinajstić information content (AvgIpc) is 2.93. The monoisotopic (exact) mass is 404 g/mol. The molecular formula is C21H13BrN2O2. The van der Waals surface area contributed by atoms with Crippen molar-refractivity contribution in [3.8, 4) is 5.75 Å². The van der Waals surface area contributed by atoms with Gasteiger partial charge in [-0.1, -0.05) is 22.0 Å². The van der Waals surface area contributed by atoms with Crippen molar-refractivity contribution in [3.63, 3.8) is 0 Å². The van der Waals surface area contributed by atoms with E-state index in [0.29, 0.717) is 17.4 Å². The molecule has 0 aliphatic heterocycles. The third-order valence-corrected chi connectivity index (χ3v) is 5.26. The van der Waals surface area contributed by atoms with Crippen molar-refractivity contribution in [2.75, 3.05) is 0 Å². The summed E-state index contributed by atoms with van der Waals surface area (Å²) in [7, 11) is 0. The first-order chi connectivity index (χ1) is 12.6. The van der Waals surface area contributed by atoms with Gasteiger partial charge in [-0.3, -0.25) is 9.78 Å². The summed E-state index contributed by atoms with van der Waals surface area (Å²) in [6, 6.07) is 15.0. The van der Waals surface area contributed by atoms with Crippen molar-refractivity contribution < 1.29 is 5.11 Å². The Morgan fingerprint density at radius 1 is 1.04 bits per heavy atom. The van der Waals surface area contributed by atoms with Gasteiger partial charge in [-0.05, 0) is 42.5 Å². The number of aromatic hydroxyl groups is 1. The smallest absolute Gasteiger partial charge is 0.193 e. The maximum absolute atomic E-state index is 13.1. The first-order valence-corrected chi connectivity index (χ1v) is 9.02. The molecule has 0 saturated heterocycles. The molecule has 0 aliphatic rings. The van der Waals surface area contributed by atoms with E-state index in [1.807, 2.05) is 47.0 Å². The fraction of sp³-hybridized carbons (Fsp3) is 0.0476. The highest BCUT2D eigenvalue weighted by atomic mass is 79.9. The summed E-state index contributed by atoms with van der Waals surface area (Å²) in [6.07, 6.45) is 4.08. The molecule has 3 aromatic heterocycles. The summed E-state index contributed by atoms with van der Waals surface area (Å²) < 4.78 is 3.00. The van der Waals surface area contributed by atoms with Gasteiger partial charge in [0.25, 0.3) is 0 Å². The summed E-state index contributed by atoms with van der Waals surface area (Å²) in [5.74, 6) is 0.0963. The van der Waals surface area contributed by atoms with Gasteiger partial charge in [-0.2, -0.15) is 0 Å². The van der Waals surface area contributed by atoms with E-state index in [1.165, 1.54) is 0 Å². The molecule has 2 aromatic carbocycles. The molecule has 0 amide bonds. The van der Waals surface area contributed by atoms with E-state index >= 15 is 0 Å². The Kier molecular flexibility index (Phi) is 3.27. The Balaban J connectivity index is 1.91. The van der Waals surface area contributed by atoms with Crippen LogP contribution in [0.15, 0.2) is 70.2 Å². The van der Waals surface area contributed by atoms with Crippen LogP contribution >= 0.6 is 15.9 Å². The fourth-order valence-corrected chi connectivity index (χ4v) is 4.02. The van der Waals surface area contributed by atoms with Gasteiger partial charge in [0.1, 0.15) is 5.75 Å². The van der Waals surface area contributed by atoms with Crippen LogP contribution in [0.5, 0.6) is 5.75 Å². The topological polar surface area (TPSA) is 54.6 Å². The number of phenols is 1. The minimum absolute atomic E-state index is 0.0640. The van der Waals surface area contributed by atoms with Crippen LogP contribution in [0.25, 0.3) is 27.2 Å². The van der Waals surface area contributed by atoms with Gasteiger partial charge in [0.15, 0.2) is 5.43 Å². The minimum Gasteiger partial charge on any atom is -0.508 e.